The van der Waals surface area contributed by atoms with Crippen LogP contribution in [0.1, 0.15) is 0 Å². The van der Waals surface area contributed by atoms with Gasteiger partial charge < -0.3 is 29.7 Å². The first kappa shape index (κ1) is 27.0. The van der Waals surface area contributed by atoms with E-state index in [0.29, 0.717) is 11.6 Å². The van der Waals surface area contributed by atoms with Crippen LogP contribution in [0.4, 0.5) is 22.7 Å². The summed E-state index contributed by atoms with van der Waals surface area (Å²) in [4.78, 5) is 25.8. The van der Waals surface area contributed by atoms with Gasteiger partial charge in [0.1, 0.15) is 6.33 Å². The summed E-state index contributed by atoms with van der Waals surface area (Å²) in [5.41, 5.74) is 10.3. The largest absolute Gasteiger partial charge is 0.366 e. The van der Waals surface area contributed by atoms with Crippen molar-refractivity contribution in [1.29, 1.82) is 0 Å². The molecular formula is C38H27N11. The van der Waals surface area contributed by atoms with Crippen molar-refractivity contribution >= 4 is 50.6 Å². The second kappa shape index (κ2) is 10.7. The highest BCUT2D eigenvalue weighted by molar-refractivity contribution is 6.12. The number of rotatable bonds is 8. The van der Waals surface area contributed by atoms with Crippen molar-refractivity contribution in [2.45, 2.75) is 0 Å². The Hall–Kier alpha value is -7.14. The van der Waals surface area contributed by atoms with Crippen LogP contribution < -0.4 is 10.6 Å². The molecule has 0 aliphatic rings. The summed E-state index contributed by atoms with van der Waals surface area (Å²) in [7, 11) is 0. The molecule has 0 radical (unpaired) electrons. The molecule has 0 saturated carbocycles. The molecule has 11 heteroatoms. The lowest BCUT2D eigenvalue weighted by Gasteiger charge is -2.14. The van der Waals surface area contributed by atoms with Gasteiger partial charge in [0.2, 0.25) is 11.6 Å². The second-order valence-electron chi connectivity index (χ2n) is 11.8. The van der Waals surface area contributed by atoms with E-state index in [1.54, 1.807) is 0 Å². The van der Waals surface area contributed by atoms with Crippen molar-refractivity contribution in [3.05, 3.63) is 141 Å². The van der Waals surface area contributed by atoms with Crippen molar-refractivity contribution in [2.24, 2.45) is 0 Å². The molecule has 7 heterocycles. The molecule has 3 aromatic carbocycles. The number of nitrogens with zero attached hydrogens (tertiary/aromatic N) is 7. The number of H-pyrrole nitrogens is 2. The zero-order valence-electron chi connectivity index (χ0n) is 25.9. The summed E-state index contributed by atoms with van der Waals surface area (Å²) < 4.78 is 6.20. The number of hydrogen-bond donors (Lipinski definition) is 4. The van der Waals surface area contributed by atoms with E-state index in [2.05, 4.69) is 101 Å². The minimum atomic E-state index is 0.523. The lowest BCUT2D eigenvalue weighted by atomic mass is 10.1. The molecule has 234 valence electrons. The van der Waals surface area contributed by atoms with Crippen LogP contribution in [0.2, 0.25) is 0 Å². The molecule has 0 bridgehead atoms. The average Bonchev–Trinajstić information content (AvgIpc) is 4.00. The number of para-hydroxylation sites is 2. The molecule has 0 unspecified atom stereocenters. The van der Waals surface area contributed by atoms with E-state index < -0.39 is 0 Å². The van der Waals surface area contributed by atoms with E-state index in [0.717, 1.165) is 72.9 Å². The Morgan fingerprint density at radius 3 is 1.47 bits per heavy atom. The summed E-state index contributed by atoms with van der Waals surface area (Å²) in [6.07, 6.45) is 17.6. The standard InChI is InChI=1S/C38H27N11/c1-3-7-26(8-4-1)47-19-30(32(21-47)43-24-13-15-39-17-24)34-28-11-12-29-35(46-38-42-23-41-37(45-34)49(38)36(28)29)31-20-48(27-9-5-2-6-10-27)22-33(31)44-25-14-16-40-18-25/h1-23,39-40,43-44H. The van der Waals surface area contributed by atoms with E-state index in [1.807, 2.05) is 77.7 Å². The average molecular weight is 638 g/mol. The van der Waals surface area contributed by atoms with Gasteiger partial charge in [-0.1, -0.05) is 36.4 Å². The monoisotopic (exact) mass is 637 g/mol. The zero-order chi connectivity index (χ0) is 32.3. The lowest BCUT2D eigenvalue weighted by molar-refractivity contribution is 1.02. The van der Waals surface area contributed by atoms with Crippen LogP contribution in [0.15, 0.2) is 141 Å². The van der Waals surface area contributed by atoms with Gasteiger partial charge in [-0.2, -0.15) is 0 Å². The van der Waals surface area contributed by atoms with Gasteiger partial charge in [0.15, 0.2) is 0 Å². The number of aromatic amines is 2. The van der Waals surface area contributed by atoms with Crippen LogP contribution in [0.25, 0.3) is 61.7 Å². The second-order valence-corrected chi connectivity index (χ2v) is 11.8. The molecular weight excluding hydrogens is 610 g/mol. The molecule has 0 fully saturated rings. The minimum absolute atomic E-state index is 0.523. The molecule has 0 amide bonds. The number of hydrogen-bond acceptors (Lipinski definition) is 6. The Morgan fingerprint density at radius 1 is 0.531 bits per heavy atom. The molecule has 10 rings (SSSR count). The summed E-state index contributed by atoms with van der Waals surface area (Å²) in [5, 5.41) is 9.14. The predicted molar refractivity (Wildman–Crippen MR) is 192 cm³/mol. The van der Waals surface area contributed by atoms with Crippen molar-refractivity contribution in [1.82, 2.24) is 43.4 Å². The topological polar surface area (TPSA) is 121 Å². The molecule has 0 aliphatic heterocycles. The van der Waals surface area contributed by atoms with Gasteiger partial charge in [-0.25, -0.2) is 24.3 Å². The third-order valence-corrected chi connectivity index (χ3v) is 8.86. The van der Waals surface area contributed by atoms with E-state index in [9.17, 15) is 0 Å². The third kappa shape index (κ3) is 4.44. The van der Waals surface area contributed by atoms with Gasteiger partial charge in [-0.3, -0.25) is 0 Å². The fourth-order valence-corrected chi connectivity index (χ4v) is 6.62. The molecule has 0 spiro atoms. The van der Waals surface area contributed by atoms with Crippen molar-refractivity contribution in [3.8, 4) is 33.9 Å². The molecule has 0 saturated heterocycles. The smallest absolute Gasteiger partial charge is 0.239 e. The van der Waals surface area contributed by atoms with E-state index >= 15 is 0 Å². The van der Waals surface area contributed by atoms with Crippen LogP contribution in [0.3, 0.4) is 0 Å². The maximum absolute atomic E-state index is 5.15. The third-order valence-electron chi connectivity index (χ3n) is 8.86. The van der Waals surface area contributed by atoms with Gasteiger partial charge in [-0.05, 0) is 48.5 Å². The summed E-state index contributed by atoms with van der Waals surface area (Å²) in [6.45, 7) is 0. The summed E-state index contributed by atoms with van der Waals surface area (Å²) in [6, 6.07) is 28.8. The lowest BCUT2D eigenvalue weighted by Crippen LogP contribution is -2.06. The van der Waals surface area contributed by atoms with Crippen LogP contribution >= 0.6 is 0 Å². The Bertz CT molecular complexity index is 2520. The van der Waals surface area contributed by atoms with Gasteiger partial charge in [0.05, 0.1) is 39.7 Å². The molecule has 0 aliphatic carbocycles. The highest BCUT2D eigenvalue weighted by Gasteiger charge is 2.24. The van der Waals surface area contributed by atoms with Gasteiger partial charge in [0.25, 0.3) is 0 Å². The number of benzene rings is 2. The highest BCUT2D eigenvalue weighted by Crippen LogP contribution is 2.42. The summed E-state index contributed by atoms with van der Waals surface area (Å²) in [5.74, 6) is 1.05. The summed E-state index contributed by atoms with van der Waals surface area (Å²) >= 11 is 0. The first-order chi connectivity index (χ1) is 24.3. The quantitative estimate of drug-likeness (QED) is 0.133. The van der Waals surface area contributed by atoms with Crippen molar-refractivity contribution in [2.75, 3.05) is 10.6 Å². The van der Waals surface area contributed by atoms with Crippen LogP contribution in [-0.4, -0.2) is 43.4 Å². The van der Waals surface area contributed by atoms with Gasteiger partial charge >= 0.3 is 0 Å². The molecule has 7 aromatic heterocycles. The molecule has 11 nitrogen and oxygen atoms in total. The fourth-order valence-electron chi connectivity index (χ4n) is 6.62. The molecule has 49 heavy (non-hydrogen) atoms. The zero-order valence-corrected chi connectivity index (χ0v) is 25.9. The van der Waals surface area contributed by atoms with Gasteiger partial charge in [-0.15, -0.1) is 0 Å². The van der Waals surface area contributed by atoms with Crippen LogP contribution in [0.5, 0.6) is 0 Å². The Kier molecular flexibility index (Phi) is 5.90. The predicted octanol–water partition coefficient (Wildman–Crippen LogP) is 8.32. The Morgan fingerprint density at radius 2 is 1.02 bits per heavy atom. The first-order valence-electron chi connectivity index (χ1n) is 15.9. The normalized spacial score (nSPS) is 11.7. The van der Waals surface area contributed by atoms with Crippen molar-refractivity contribution in [3.63, 3.8) is 0 Å². The Balaban J connectivity index is 1.21. The number of nitrogens with one attached hydrogen (secondary N) is 4. The van der Waals surface area contributed by atoms with Crippen LogP contribution in [-0.2, 0) is 0 Å². The molecule has 10 aromatic rings. The van der Waals surface area contributed by atoms with Gasteiger partial charge in [0, 0.05) is 82.8 Å². The number of anilines is 4. The van der Waals surface area contributed by atoms with E-state index in [1.165, 1.54) is 6.33 Å². The van der Waals surface area contributed by atoms with Crippen molar-refractivity contribution < 1.29 is 0 Å². The first-order valence-corrected chi connectivity index (χ1v) is 15.9. The van der Waals surface area contributed by atoms with Crippen LogP contribution in [0, 0.1) is 0 Å². The SMILES string of the molecule is c1ccc(-n2cc(Nc3cc[nH]c3)c(-c3nc4ncnc5nc(-c6cn(-c7ccccc7)cc6Nc6cc[nH]c6)c6ccc3c6n45)c2)cc1. The minimum Gasteiger partial charge on any atom is -0.366 e. The fraction of sp³-hybridized carbons (Fsp3) is 0. The highest BCUT2D eigenvalue weighted by atomic mass is 15.2. The maximum Gasteiger partial charge on any atom is 0.239 e. The van der Waals surface area contributed by atoms with E-state index in [-0.39, 0.29) is 0 Å². The molecule has 0 atom stereocenters. The van der Waals surface area contributed by atoms with E-state index in [4.69, 9.17) is 9.97 Å². The maximum atomic E-state index is 5.15. The molecule has 4 N–H and O–H groups in total. The Labute approximate surface area is 278 Å². The number of aromatic nitrogens is 9.